The van der Waals surface area contributed by atoms with E-state index in [2.05, 4.69) is 30.3 Å². The van der Waals surface area contributed by atoms with Crippen LogP contribution in [0.3, 0.4) is 0 Å². The highest BCUT2D eigenvalue weighted by Crippen LogP contribution is 2.53. The van der Waals surface area contributed by atoms with Crippen molar-refractivity contribution in [2.45, 2.75) is 44.9 Å². The third kappa shape index (κ3) is 1.81. The summed E-state index contributed by atoms with van der Waals surface area (Å²) in [5.74, 6) is 2.78. The zero-order valence-corrected chi connectivity index (χ0v) is 11.4. The highest BCUT2D eigenvalue weighted by molar-refractivity contribution is 5.37. The first kappa shape index (κ1) is 11.5. The molecule has 1 heteroatoms. The van der Waals surface area contributed by atoms with Gasteiger partial charge in [0.1, 0.15) is 0 Å². The Bertz CT molecular complexity index is 514. The third-order valence-electron chi connectivity index (χ3n) is 5.95. The standard InChI is InChI=1S/C18H21N/c19-12-18(9-15-3-1-2-4-16(15)10-18)11-17-8-13-5-6-14(17)7-13/h1-4,13-14,17H,5-11H2. The molecule has 3 atom stereocenters. The minimum Gasteiger partial charge on any atom is -0.198 e. The second-order valence-corrected chi connectivity index (χ2v) is 7.15. The van der Waals surface area contributed by atoms with Crippen LogP contribution in [0.15, 0.2) is 24.3 Å². The summed E-state index contributed by atoms with van der Waals surface area (Å²) in [4.78, 5) is 0. The molecule has 0 saturated heterocycles. The lowest BCUT2D eigenvalue weighted by molar-refractivity contribution is 0.229. The van der Waals surface area contributed by atoms with Crippen LogP contribution in [0.1, 0.15) is 43.2 Å². The molecule has 2 fully saturated rings. The fourth-order valence-electron chi connectivity index (χ4n) is 5.09. The second-order valence-electron chi connectivity index (χ2n) is 7.15. The molecule has 2 bridgehead atoms. The highest BCUT2D eigenvalue weighted by Gasteiger charge is 2.46. The Morgan fingerprint density at radius 1 is 1.11 bits per heavy atom. The van der Waals surface area contributed by atoms with Gasteiger partial charge in [-0.15, -0.1) is 0 Å². The molecule has 0 spiro atoms. The zero-order chi connectivity index (χ0) is 12.9. The Kier molecular flexibility index (Phi) is 2.49. The Hall–Kier alpha value is -1.29. The fourth-order valence-corrected chi connectivity index (χ4v) is 5.09. The summed E-state index contributed by atoms with van der Waals surface area (Å²) >= 11 is 0. The van der Waals surface area contributed by atoms with Crippen molar-refractivity contribution in [3.05, 3.63) is 35.4 Å². The number of rotatable bonds is 2. The second kappa shape index (κ2) is 4.10. The maximum absolute atomic E-state index is 9.77. The van der Waals surface area contributed by atoms with E-state index in [9.17, 15) is 5.26 Å². The van der Waals surface area contributed by atoms with Gasteiger partial charge in [-0.2, -0.15) is 5.26 Å². The SMILES string of the molecule is N#CC1(CC2CC3CCC2C3)Cc2ccccc2C1. The normalized spacial score (nSPS) is 34.2. The van der Waals surface area contributed by atoms with Crippen LogP contribution in [0.4, 0.5) is 0 Å². The van der Waals surface area contributed by atoms with Crippen molar-refractivity contribution in [1.82, 2.24) is 0 Å². The summed E-state index contributed by atoms with van der Waals surface area (Å²) in [7, 11) is 0. The van der Waals surface area contributed by atoms with Gasteiger partial charge in [0.2, 0.25) is 0 Å². The van der Waals surface area contributed by atoms with Gasteiger partial charge in [-0.05, 0) is 67.4 Å². The first-order valence-electron chi connectivity index (χ1n) is 7.76. The van der Waals surface area contributed by atoms with Crippen molar-refractivity contribution in [2.24, 2.45) is 23.2 Å². The van der Waals surface area contributed by atoms with E-state index in [-0.39, 0.29) is 5.41 Å². The molecule has 1 aromatic carbocycles. The summed E-state index contributed by atoms with van der Waals surface area (Å²) in [5, 5.41) is 9.77. The van der Waals surface area contributed by atoms with Gasteiger partial charge in [-0.1, -0.05) is 30.7 Å². The molecule has 1 aromatic rings. The molecule has 0 aliphatic heterocycles. The lowest BCUT2D eigenvalue weighted by atomic mass is 9.73. The van der Waals surface area contributed by atoms with E-state index in [1.54, 1.807) is 0 Å². The molecule has 0 heterocycles. The van der Waals surface area contributed by atoms with E-state index in [1.165, 1.54) is 36.8 Å². The molecule has 0 radical (unpaired) electrons. The minimum absolute atomic E-state index is 0.0845. The molecule has 19 heavy (non-hydrogen) atoms. The predicted octanol–water partition coefficient (Wildman–Crippen LogP) is 4.12. The molecular weight excluding hydrogens is 230 g/mol. The quantitative estimate of drug-likeness (QED) is 0.775. The van der Waals surface area contributed by atoms with Crippen molar-refractivity contribution < 1.29 is 0 Å². The van der Waals surface area contributed by atoms with Crippen molar-refractivity contribution in [3.8, 4) is 6.07 Å². The van der Waals surface area contributed by atoms with Gasteiger partial charge in [0.15, 0.2) is 0 Å². The zero-order valence-electron chi connectivity index (χ0n) is 11.4. The smallest absolute Gasteiger partial charge is 0.0696 e. The fraction of sp³-hybridized carbons (Fsp3) is 0.611. The Morgan fingerprint density at radius 3 is 2.37 bits per heavy atom. The van der Waals surface area contributed by atoms with Gasteiger partial charge in [0.25, 0.3) is 0 Å². The monoisotopic (exact) mass is 251 g/mol. The number of nitriles is 1. The Labute approximate surface area is 115 Å². The Morgan fingerprint density at radius 2 is 1.84 bits per heavy atom. The maximum Gasteiger partial charge on any atom is 0.0696 e. The van der Waals surface area contributed by atoms with Crippen molar-refractivity contribution >= 4 is 0 Å². The topological polar surface area (TPSA) is 23.8 Å². The maximum atomic E-state index is 9.77. The van der Waals surface area contributed by atoms with Crippen LogP contribution in [0.2, 0.25) is 0 Å². The van der Waals surface area contributed by atoms with Crippen LogP contribution in [0, 0.1) is 34.5 Å². The van der Waals surface area contributed by atoms with Crippen LogP contribution in [-0.2, 0) is 12.8 Å². The van der Waals surface area contributed by atoms with E-state index >= 15 is 0 Å². The lowest BCUT2D eigenvalue weighted by Crippen LogP contribution is -2.25. The van der Waals surface area contributed by atoms with Crippen LogP contribution in [0.5, 0.6) is 0 Å². The van der Waals surface area contributed by atoms with E-state index in [0.29, 0.717) is 0 Å². The average Bonchev–Trinajstić information content (AvgIpc) is 3.11. The van der Waals surface area contributed by atoms with Crippen molar-refractivity contribution in [2.75, 3.05) is 0 Å². The molecule has 0 aromatic heterocycles. The van der Waals surface area contributed by atoms with Crippen LogP contribution >= 0.6 is 0 Å². The molecule has 1 nitrogen and oxygen atoms in total. The highest BCUT2D eigenvalue weighted by atomic mass is 14.5. The average molecular weight is 251 g/mol. The number of fused-ring (bicyclic) bond motifs is 3. The van der Waals surface area contributed by atoms with Gasteiger partial charge in [-0.3, -0.25) is 0 Å². The number of hydrogen-bond acceptors (Lipinski definition) is 1. The van der Waals surface area contributed by atoms with E-state index in [1.807, 2.05) is 0 Å². The van der Waals surface area contributed by atoms with E-state index in [0.717, 1.165) is 37.0 Å². The van der Waals surface area contributed by atoms with E-state index < -0.39 is 0 Å². The molecule has 2 saturated carbocycles. The largest absolute Gasteiger partial charge is 0.198 e. The van der Waals surface area contributed by atoms with Crippen LogP contribution in [-0.4, -0.2) is 0 Å². The van der Waals surface area contributed by atoms with E-state index in [4.69, 9.17) is 0 Å². The number of hydrogen-bond donors (Lipinski definition) is 0. The molecule has 3 aliphatic rings. The summed E-state index contributed by atoms with van der Waals surface area (Å²) in [6.45, 7) is 0. The summed E-state index contributed by atoms with van der Waals surface area (Å²) in [6, 6.07) is 11.4. The third-order valence-corrected chi connectivity index (χ3v) is 5.95. The lowest BCUT2D eigenvalue weighted by Gasteiger charge is -2.29. The summed E-state index contributed by atoms with van der Waals surface area (Å²) in [5.41, 5.74) is 2.76. The molecular formula is C18H21N. The van der Waals surface area contributed by atoms with Crippen molar-refractivity contribution in [1.29, 1.82) is 5.26 Å². The number of nitrogens with zero attached hydrogens (tertiary/aromatic N) is 1. The first-order valence-corrected chi connectivity index (χ1v) is 7.76. The van der Waals surface area contributed by atoms with Gasteiger partial charge < -0.3 is 0 Å². The number of benzene rings is 1. The van der Waals surface area contributed by atoms with Gasteiger partial charge >= 0.3 is 0 Å². The van der Waals surface area contributed by atoms with Gasteiger partial charge in [0, 0.05) is 0 Å². The van der Waals surface area contributed by atoms with Crippen LogP contribution < -0.4 is 0 Å². The molecule has 98 valence electrons. The molecule has 3 aliphatic carbocycles. The first-order chi connectivity index (χ1) is 9.28. The predicted molar refractivity (Wildman–Crippen MR) is 75.5 cm³/mol. The summed E-state index contributed by atoms with van der Waals surface area (Å²) in [6.07, 6.45) is 8.90. The van der Waals surface area contributed by atoms with Crippen LogP contribution in [0.25, 0.3) is 0 Å². The van der Waals surface area contributed by atoms with Gasteiger partial charge in [-0.25, -0.2) is 0 Å². The molecule has 0 amide bonds. The minimum atomic E-state index is -0.0845. The molecule has 3 unspecified atom stereocenters. The molecule has 0 N–H and O–H groups in total. The molecule has 4 rings (SSSR count). The summed E-state index contributed by atoms with van der Waals surface area (Å²) < 4.78 is 0. The Balaban J connectivity index is 1.55. The van der Waals surface area contributed by atoms with Gasteiger partial charge in [0.05, 0.1) is 11.5 Å². The van der Waals surface area contributed by atoms with Crippen molar-refractivity contribution in [3.63, 3.8) is 0 Å².